The molecule has 27 heavy (non-hydrogen) atoms. The molecule has 0 unspecified atom stereocenters. The number of halogens is 2. The molecule has 2 aromatic carbocycles. The number of ketones is 1. The Labute approximate surface area is 167 Å². The second-order valence-electron chi connectivity index (χ2n) is 6.16. The zero-order chi connectivity index (χ0) is 19.2. The predicted octanol–water partition coefficient (Wildman–Crippen LogP) is 4.09. The number of hydrogen-bond donors (Lipinski definition) is 1. The number of ether oxygens (including phenoxy) is 2. The molecule has 1 heterocycles. The summed E-state index contributed by atoms with van der Waals surface area (Å²) in [5, 5.41) is 3.93. The van der Waals surface area contributed by atoms with E-state index in [1.54, 1.807) is 24.3 Å². The lowest BCUT2D eigenvalue weighted by molar-refractivity contribution is -0.121. The largest absolute Gasteiger partial charge is 0.486 e. The first-order valence-corrected chi connectivity index (χ1v) is 9.41. The Kier molecular flexibility index (Phi) is 6.58. The summed E-state index contributed by atoms with van der Waals surface area (Å²) < 4.78 is 10.9. The van der Waals surface area contributed by atoms with Crippen LogP contribution in [-0.2, 0) is 11.2 Å². The van der Waals surface area contributed by atoms with Crippen LogP contribution in [0.1, 0.15) is 28.8 Å². The molecular formula is C20H19Cl2NO4. The molecule has 0 atom stereocenters. The van der Waals surface area contributed by atoms with E-state index in [0.29, 0.717) is 53.3 Å². The molecule has 0 saturated heterocycles. The van der Waals surface area contributed by atoms with Gasteiger partial charge in [-0.1, -0.05) is 23.2 Å². The summed E-state index contributed by atoms with van der Waals surface area (Å²) in [6, 6.07) is 10.4. The van der Waals surface area contributed by atoms with Gasteiger partial charge in [-0.25, -0.2) is 0 Å². The number of fused-ring (bicyclic) bond motifs is 1. The van der Waals surface area contributed by atoms with Crippen molar-refractivity contribution in [3.63, 3.8) is 0 Å². The number of rotatable bonds is 7. The molecule has 142 valence electrons. The Morgan fingerprint density at radius 1 is 0.926 bits per heavy atom. The van der Waals surface area contributed by atoms with Crippen LogP contribution in [0.5, 0.6) is 11.5 Å². The maximum Gasteiger partial charge on any atom is 0.220 e. The highest BCUT2D eigenvalue weighted by atomic mass is 35.5. The molecule has 1 N–H and O–H groups in total. The van der Waals surface area contributed by atoms with Crippen molar-refractivity contribution in [3.05, 3.63) is 57.6 Å². The number of Topliss-reactive ketones (excluding diaryl/α,β-unsaturated/α-hetero) is 1. The van der Waals surface area contributed by atoms with Crippen molar-refractivity contribution in [1.29, 1.82) is 0 Å². The number of carbonyl (C=O) groups is 2. The molecule has 2 aromatic rings. The summed E-state index contributed by atoms with van der Waals surface area (Å²) in [7, 11) is 0. The lowest BCUT2D eigenvalue weighted by Gasteiger charge is -2.18. The van der Waals surface area contributed by atoms with E-state index in [2.05, 4.69) is 5.32 Å². The molecule has 5 nitrogen and oxygen atoms in total. The van der Waals surface area contributed by atoms with Crippen LogP contribution in [0.25, 0.3) is 0 Å². The Balaban J connectivity index is 1.44. The molecule has 0 saturated carbocycles. The van der Waals surface area contributed by atoms with Gasteiger partial charge in [0.2, 0.25) is 5.91 Å². The lowest BCUT2D eigenvalue weighted by Crippen LogP contribution is -2.26. The average Bonchev–Trinajstić information content (AvgIpc) is 2.65. The molecule has 0 aromatic heterocycles. The van der Waals surface area contributed by atoms with Gasteiger partial charge in [-0.05, 0) is 48.4 Å². The van der Waals surface area contributed by atoms with Crippen LogP contribution < -0.4 is 14.8 Å². The predicted molar refractivity (Wildman–Crippen MR) is 104 cm³/mol. The standard InChI is InChI=1S/C20H19Cl2NO4/c21-15-9-13(10-16(22)12-15)5-6-23-20(25)4-2-17(24)14-1-3-18-19(11-14)27-8-7-26-18/h1,3,9-12H,2,4-8H2,(H,23,25). The molecule has 3 rings (SSSR count). The fourth-order valence-electron chi connectivity index (χ4n) is 2.78. The number of hydrogen-bond acceptors (Lipinski definition) is 4. The van der Waals surface area contributed by atoms with Gasteiger partial charge in [0, 0.05) is 35.0 Å². The van der Waals surface area contributed by atoms with Crippen molar-refractivity contribution < 1.29 is 19.1 Å². The third-order valence-electron chi connectivity index (χ3n) is 4.10. The van der Waals surface area contributed by atoms with E-state index in [9.17, 15) is 9.59 Å². The van der Waals surface area contributed by atoms with Crippen LogP contribution in [0.4, 0.5) is 0 Å². The van der Waals surface area contributed by atoms with Gasteiger partial charge >= 0.3 is 0 Å². The third-order valence-corrected chi connectivity index (χ3v) is 4.54. The molecule has 1 amide bonds. The zero-order valence-corrected chi connectivity index (χ0v) is 16.1. The van der Waals surface area contributed by atoms with E-state index in [4.69, 9.17) is 32.7 Å². The van der Waals surface area contributed by atoms with Crippen molar-refractivity contribution in [1.82, 2.24) is 5.32 Å². The summed E-state index contributed by atoms with van der Waals surface area (Å²) in [6.07, 6.45) is 0.875. The summed E-state index contributed by atoms with van der Waals surface area (Å²) in [4.78, 5) is 24.3. The summed E-state index contributed by atoms with van der Waals surface area (Å²) in [5.41, 5.74) is 1.46. The van der Waals surface area contributed by atoms with Crippen molar-refractivity contribution in [3.8, 4) is 11.5 Å². The highest BCUT2D eigenvalue weighted by Crippen LogP contribution is 2.31. The Bertz CT molecular complexity index is 834. The first-order valence-electron chi connectivity index (χ1n) is 8.66. The van der Waals surface area contributed by atoms with Crippen LogP contribution in [0, 0.1) is 0 Å². The highest BCUT2D eigenvalue weighted by Gasteiger charge is 2.15. The normalized spacial score (nSPS) is 12.5. The maximum atomic E-state index is 12.3. The number of amides is 1. The minimum absolute atomic E-state index is 0.108. The second-order valence-corrected chi connectivity index (χ2v) is 7.03. The Hall–Kier alpha value is -2.24. The van der Waals surface area contributed by atoms with Crippen LogP contribution in [0.15, 0.2) is 36.4 Å². The SMILES string of the molecule is O=C(CCC(=O)c1ccc2c(c1)OCCO2)NCCc1cc(Cl)cc(Cl)c1. The van der Waals surface area contributed by atoms with Gasteiger partial charge in [0.05, 0.1) is 0 Å². The summed E-state index contributed by atoms with van der Waals surface area (Å²) in [5.74, 6) is 0.922. The molecule has 7 heteroatoms. The van der Waals surface area contributed by atoms with Crippen LogP contribution in [0.3, 0.4) is 0 Å². The van der Waals surface area contributed by atoms with E-state index < -0.39 is 0 Å². The molecule has 0 radical (unpaired) electrons. The zero-order valence-electron chi connectivity index (χ0n) is 14.6. The Morgan fingerprint density at radius 2 is 1.63 bits per heavy atom. The second kappa shape index (κ2) is 9.11. The number of benzene rings is 2. The van der Waals surface area contributed by atoms with Crippen molar-refractivity contribution >= 4 is 34.9 Å². The topological polar surface area (TPSA) is 64.6 Å². The van der Waals surface area contributed by atoms with E-state index in [1.807, 2.05) is 12.1 Å². The Morgan fingerprint density at radius 3 is 2.37 bits per heavy atom. The van der Waals surface area contributed by atoms with E-state index >= 15 is 0 Å². The van der Waals surface area contributed by atoms with Crippen molar-refractivity contribution in [2.24, 2.45) is 0 Å². The number of nitrogens with one attached hydrogen (secondary N) is 1. The van der Waals surface area contributed by atoms with Crippen molar-refractivity contribution in [2.75, 3.05) is 19.8 Å². The van der Waals surface area contributed by atoms with Gasteiger partial charge in [-0.2, -0.15) is 0 Å². The van der Waals surface area contributed by atoms with E-state index in [-0.39, 0.29) is 24.5 Å². The first-order chi connectivity index (χ1) is 13.0. The lowest BCUT2D eigenvalue weighted by atomic mass is 10.1. The van der Waals surface area contributed by atoms with Crippen molar-refractivity contribution in [2.45, 2.75) is 19.3 Å². The van der Waals surface area contributed by atoms with Gasteiger partial charge in [0.1, 0.15) is 13.2 Å². The minimum Gasteiger partial charge on any atom is -0.486 e. The number of carbonyl (C=O) groups excluding carboxylic acids is 2. The quantitative estimate of drug-likeness (QED) is 0.702. The third kappa shape index (κ3) is 5.62. The van der Waals surface area contributed by atoms with Gasteiger partial charge in [0.25, 0.3) is 0 Å². The molecular weight excluding hydrogens is 389 g/mol. The first kappa shape index (κ1) is 19.5. The minimum atomic E-state index is -0.172. The molecule has 0 aliphatic carbocycles. The average molecular weight is 408 g/mol. The summed E-state index contributed by atoms with van der Waals surface area (Å²) in [6.45, 7) is 1.42. The van der Waals surface area contributed by atoms with Gasteiger partial charge in [-0.15, -0.1) is 0 Å². The molecule has 1 aliphatic heterocycles. The highest BCUT2D eigenvalue weighted by molar-refractivity contribution is 6.34. The van der Waals surface area contributed by atoms with E-state index in [1.165, 1.54) is 0 Å². The monoisotopic (exact) mass is 407 g/mol. The summed E-state index contributed by atoms with van der Waals surface area (Å²) >= 11 is 11.9. The van der Waals surface area contributed by atoms with Crippen LogP contribution in [0.2, 0.25) is 10.0 Å². The van der Waals surface area contributed by atoms with E-state index in [0.717, 1.165) is 5.56 Å². The smallest absolute Gasteiger partial charge is 0.220 e. The van der Waals surface area contributed by atoms with Gasteiger partial charge in [0.15, 0.2) is 17.3 Å². The molecule has 0 fully saturated rings. The molecule has 0 bridgehead atoms. The molecule has 0 spiro atoms. The molecule has 1 aliphatic rings. The van der Waals surface area contributed by atoms with Crippen LogP contribution >= 0.6 is 23.2 Å². The fraction of sp³-hybridized carbons (Fsp3) is 0.300. The van der Waals surface area contributed by atoms with Gasteiger partial charge < -0.3 is 14.8 Å². The van der Waals surface area contributed by atoms with Crippen LogP contribution in [-0.4, -0.2) is 31.4 Å². The fourth-order valence-corrected chi connectivity index (χ4v) is 3.35. The maximum absolute atomic E-state index is 12.3. The van der Waals surface area contributed by atoms with Gasteiger partial charge in [-0.3, -0.25) is 9.59 Å².